The Kier molecular flexibility index (Phi) is 6.38. The first kappa shape index (κ1) is 24.8. The SMILES string of the molecule is CNc1nc(N[C@H]2CCC(NC(C)=O)C(C)C2)nn2ccc(-c3ccc4ncc(CC(F)(F)F)n4n3)c12. The molecule has 4 aromatic heterocycles. The van der Waals surface area contributed by atoms with E-state index in [9.17, 15) is 18.0 Å². The van der Waals surface area contributed by atoms with Crippen molar-refractivity contribution >= 4 is 28.8 Å². The Balaban J connectivity index is 1.43. The summed E-state index contributed by atoms with van der Waals surface area (Å²) in [5.74, 6) is 1.31. The number of nitrogens with zero attached hydrogens (tertiary/aromatic N) is 6. The molecule has 0 bridgehead atoms. The highest BCUT2D eigenvalue weighted by molar-refractivity contribution is 5.87. The second kappa shape index (κ2) is 9.52. The molecule has 10 nitrogen and oxygen atoms in total. The summed E-state index contributed by atoms with van der Waals surface area (Å²) in [7, 11) is 1.75. The van der Waals surface area contributed by atoms with E-state index in [4.69, 9.17) is 0 Å². The molecule has 196 valence electrons. The minimum absolute atomic E-state index is 0.0163. The number of carbonyl (C=O) groups is 1. The third-order valence-electron chi connectivity index (χ3n) is 6.73. The van der Waals surface area contributed by atoms with Crippen LogP contribution in [0.5, 0.6) is 0 Å². The van der Waals surface area contributed by atoms with Crippen LogP contribution in [0.1, 0.15) is 38.8 Å². The van der Waals surface area contributed by atoms with Crippen molar-refractivity contribution in [3.05, 3.63) is 36.3 Å². The zero-order valence-electron chi connectivity index (χ0n) is 20.7. The van der Waals surface area contributed by atoms with E-state index in [0.717, 1.165) is 19.3 Å². The fourth-order valence-corrected chi connectivity index (χ4v) is 5.04. The van der Waals surface area contributed by atoms with Crippen LogP contribution in [0.4, 0.5) is 24.9 Å². The molecular weight excluding hydrogens is 487 g/mol. The Morgan fingerprint density at radius 1 is 1.19 bits per heavy atom. The summed E-state index contributed by atoms with van der Waals surface area (Å²) in [5, 5.41) is 18.6. The predicted molar refractivity (Wildman–Crippen MR) is 132 cm³/mol. The zero-order chi connectivity index (χ0) is 26.3. The lowest BCUT2D eigenvalue weighted by Crippen LogP contribution is -2.44. The molecule has 5 rings (SSSR count). The van der Waals surface area contributed by atoms with E-state index in [1.54, 1.807) is 29.9 Å². The minimum Gasteiger partial charge on any atom is -0.371 e. The Morgan fingerprint density at radius 3 is 2.70 bits per heavy atom. The van der Waals surface area contributed by atoms with Crippen LogP contribution < -0.4 is 16.0 Å². The topological polar surface area (TPSA) is 114 Å². The monoisotopic (exact) mass is 515 g/mol. The summed E-state index contributed by atoms with van der Waals surface area (Å²) in [5.41, 5.74) is 2.11. The molecule has 1 amide bonds. The molecule has 1 saturated carbocycles. The van der Waals surface area contributed by atoms with E-state index in [1.807, 2.05) is 6.07 Å². The Labute approximate surface area is 210 Å². The number of hydrogen-bond donors (Lipinski definition) is 3. The molecule has 37 heavy (non-hydrogen) atoms. The molecule has 0 saturated heterocycles. The number of imidazole rings is 1. The molecule has 1 fully saturated rings. The average Bonchev–Trinajstić information content (AvgIpc) is 3.43. The molecule has 1 aliphatic carbocycles. The molecule has 0 aromatic carbocycles. The molecule has 1 aliphatic rings. The van der Waals surface area contributed by atoms with Gasteiger partial charge in [-0.3, -0.25) is 4.79 Å². The number of halogens is 3. The van der Waals surface area contributed by atoms with Crippen LogP contribution in [0.2, 0.25) is 0 Å². The second-order valence-corrected chi connectivity index (χ2v) is 9.53. The summed E-state index contributed by atoms with van der Waals surface area (Å²) in [4.78, 5) is 20.1. The lowest BCUT2D eigenvalue weighted by molar-refractivity contribution is -0.128. The number of amides is 1. The molecule has 2 unspecified atom stereocenters. The molecule has 3 N–H and O–H groups in total. The lowest BCUT2D eigenvalue weighted by atomic mass is 9.82. The summed E-state index contributed by atoms with van der Waals surface area (Å²) < 4.78 is 41.9. The van der Waals surface area contributed by atoms with E-state index in [-0.39, 0.29) is 23.7 Å². The molecule has 0 spiro atoms. The number of rotatable bonds is 6. The maximum atomic E-state index is 13.0. The standard InChI is InChI=1S/C24H28F3N9O/c1-13-10-15(4-5-18(13)30-14(2)37)31-23-32-22(28-3)21-17(8-9-35(21)34-23)19-6-7-20-29-12-16(36(20)33-19)11-24(25,26)27/h6-9,12-13,15,18H,4-5,10-11H2,1-3H3,(H,30,37)(H2,28,31,32,34)/t13?,15-,18?/m0/s1. The van der Waals surface area contributed by atoms with Crippen molar-refractivity contribution < 1.29 is 18.0 Å². The van der Waals surface area contributed by atoms with Gasteiger partial charge in [-0.1, -0.05) is 6.92 Å². The summed E-state index contributed by atoms with van der Waals surface area (Å²) >= 11 is 0. The minimum atomic E-state index is -4.37. The lowest BCUT2D eigenvalue weighted by Gasteiger charge is -2.34. The number of aromatic nitrogens is 6. The van der Waals surface area contributed by atoms with Gasteiger partial charge in [-0.05, 0) is 43.4 Å². The first-order valence-corrected chi connectivity index (χ1v) is 12.1. The third kappa shape index (κ3) is 5.16. The van der Waals surface area contributed by atoms with Crippen molar-refractivity contribution in [2.75, 3.05) is 17.7 Å². The molecule has 13 heteroatoms. The number of alkyl halides is 3. The normalized spacial score (nSPS) is 20.3. The van der Waals surface area contributed by atoms with E-state index in [1.165, 1.54) is 17.6 Å². The Morgan fingerprint density at radius 2 is 2.00 bits per heavy atom. The van der Waals surface area contributed by atoms with Gasteiger partial charge in [0.05, 0.1) is 24.0 Å². The first-order chi connectivity index (χ1) is 17.6. The third-order valence-corrected chi connectivity index (χ3v) is 6.73. The highest BCUT2D eigenvalue weighted by atomic mass is 19.4. The van der Waals surface area contributed by atoms with Crippen LogP contribution in [0.25, 0.3) is 22.4 Å². The maximum Gasteiger partial charge on any atom is 0.394 e. The molecule has 0 radical (unpaired) electrons. The highest BCUT2D eigenvalue weighted by Crippen LogP contribution is 2.31. The van der Waals surface area contributed by atoms with Crippen molar-refractivity contribution in [2.24, 2.45) is 5.92 Å². The van der Waals surface area contributed by atoms with E-state index >= 15 is 0 Å². The van der Waals surface area contributed by atoms with Crippen LogP contribution in [-0.2, 0) is 11.2 Å². The quantitative estimate of drug-likeness (QED) is 0.359. The van der Waals surface area contributed by atoms with Crippen LogP contribution in [-0.4, -0.2) is 60.4 Å². The Bertz CT molecular complexity index is 1440. The zero-order valence-corrected chi connectivity index (χ0v) is 20.7. The van der Waals surface area contributed by atoms with Crippen molar-refractivity contribution in [2.45, 2.75) is 57.8 Å². The molecule has 4 aromatic rings. The van der Waals surface area contributed by atoms with Gasteiger partial charge in [0.25, 0.3) is 0 Å². The van der Waals surface area contributed by atoms with Crippen molar-refractivity contribution in [3.63, 3.8) is 0 Å². The van der Waals surface area contributed by atoms with Crippen LogP contribution in [0, 0.1) is 5.92 Å². The summed E-state index contributed by atoms with van der Waals surface area (Å²) in [6, 6.07) is 5.49. The van der Waals surface area contributed by atoms with Crippen LogP contribution >= 0.6 is 0 Å². The fourth-order valence-electron chi connectivity index (χ4n) is 5.04. The van der Waals surface area contributed by atoms with Gasteiger partial charge < -0.3 is 16.0 Å². The van der Waals surface area contributed by atoms with Crippen molar-refractivity contribution in [1.82, 2.24) is 34.5 Å². The van der Waals surface area contributed by atoms with Gasteiger partial charge in [-0.15, -0.1) is 5.10 Å². The molecular formula is C24H28F3N9O. The average molecular weight is 516 g/mol. The summed E-state index contributed by atoms with van der Waals surface area (Å²) in [6.07, 6.45) is 0.0876. The second-order valence-electron chi connectivity index (χ2n) is 9.53. The Hall–Kier alpha value is -3.90. The highest BCUT2D eigenvalue weighted by Gasteiger charge is 2.30. The number of carbonyl (C=O) groups excluding carboxylic acids is 1. The molecule has 3 atom stereocenters. The summed E-state index contributed by atoms with van der Waals surface area (Å²) in [6.45, 7) is 3.66. The first-order valence-electron chi connectivity index (χ1n) is 12.1. The van der Waals surface area contributed by atoms with Crippen molar-refractivity contribution in [3.8, 4) is 11.3 Å². The van der Waals surface area contributed by atoms with E-state index in [0.29, 0.717) is 40.1 Å². The van der Waals surface area contributed by atoms with E-state index in [2.05, 4.69) is 43.0 Å². The molecule has 4 heterocycles. The van der Waals surface area contributed by atoms with Crippen LogP contribution in [0.15, 0.2) is 30.6 Å². The largest absolute Gasteiger partial charge is 0.394 e. The smallest absolute Gasteiger partial charge is 0.371 e. The van der Waals surface area contributed by atoms with Crippen LogP contribution in [0.3, 0.4) is 0 Å². The van der Waals surface area contributed by atoms with Crippen molar-refractivity contribution in [1.29, 1.82) is 0 Å². The van der Waals surface area contributed by atoms with Gasteiger partial charge in [0.2, 0.25) is 11.9 Å². The fraction of sp³-hybridized carbons (Fsp3) is 0.458. The number of anilines is 2. The van der Waals surface area contributed by atoms with Gasteiger partial charge in [0.1, 0.15) is 5.52 Å². The van der Waals surface area contributed by atoms with Gasteiger partial charge in [-0.25, -0.2) is 14.0 Å². The van der Waals surface area contributed by atoms with E-state index < -0.39 is 12.6 Å². The molecule has 0 aliphatic heterocycles. The van der Waals surface area contributed by atoms with Gasteiger partial charge >= 0.3 is 6.18 Å². The predicted octanol–water partition coefficient (Wildman–Crippen LogP) is 3.69. The van der Waals surface area contributed by atoms with Gasteiger partial charge in [-0.2, -0.15) is 23.3 Å². The number of fused-ring (bicyclic) bond motifs is 2. The number of hydrogen-bond acceptors (Lipinski definition) is 7. The number of nitrogens with one attached hydrogen (secondary N) is 3. The van der Waals surface area contributed by atoms with Gasteiger partial charge in [0, 0.05) is 37.8 Å². The maximum absolute atomic E-state index is 13.0. The van der Waals surface area contributed by atoms with Gasteiger partial charge in [0.15, 0.2) is 11.5 Å².